The van der Waals surface area contributed by atoms with Crippen LogP contribution in [0.5, 0.6) is 5.75 Å². The molecular formula is C21H35N5O. The van der Waals surface area contributed by atoms with Crippen LogP contribution in [0, 0.1) is 5.92 Å². The summed E-state index contributed by atoms with van der Waals surface area (Å²) in [7, 11) is 1.83. The van der Waals surface area contributed by atoms with E-state index in [9.17, 15) is 0 Å². The number of ether oxygens (including phenoxy) is 1. The first-order valence-electron chi connectivity index (χ1n) is 10.6. The van der Waals surface area contributed by atoms with E-state index in [4.69, 9.17) is 4.74 Å². The Morgan fingerprint density at radius 2 is 2.04 bits per heavy atom. The molecule has 0 amide bonds. The number of nitrogens with one attached hydrogen (secondary N) is 2. The van der Waals surface area contributed by atoms with Crippen LogP contribution in [0.1, 0.15) is 44.9 Å². The molecule has 0 unspecified atom stereocenters. The van der Waals surface area contributed by atoms with Crippen molar-refractivity contribution in [3.05, 3.63) is 24.5 Å². The molecule has 1 aliphatic carbocycles. The predicted molar refractivity (Wildman–Crippen MR) is 110 cm³/mol. The zero-order valence-electron chi connectivity index (χ0n) is 16.7. The summed E-state index contributed by atoms with van der Waals surface area (Å²) in [4.78, 5) is 11.1. The Morgan fingerprint density at radius 1 is 1.22 bits per heavy atom. The molecule has 1 saturated heterocycles. The van der Waals surface area contributed by atoms with Gasteiger partial charge in [-0.3, -0.25) is 9.98 Å². The number of hydrogen-bond acceptors (Lipinski definition) is 4. The largest absolute Gasteiger partial charge is 0.490 e. The summed E-state index contributed by atoms with van der Waals surface area (Å²) in [5.74, 6) is 2.61. The van der Waals surface area contributed by atoms with Gasteiger partial charge < -0.3 is 20.3 Å². The average Bonchev–Trinajstić information content (AvgIpc) is 2.73. The van der Waals surface area contributed by atoms with Crippen LogP contribution in [0.3, 0.4) is 0 Å². The molecule has 0 bridgehead atoms. The van der Waals surface area contributed by atoms with E-state index < -0.39 is 0 Å². The third-order valence-electron chi connectivity index (χ3n) is 5.69. The molecule has 1 saturated carbocycles. The van der Waals surface area contributed by atoms with Crippen molar-refractivity contribution in [1.29, 1.82) is 0 Å². The maximum Gasteiger partial charge on any atom is 0.191 e. The number of aromatic nitrogens is 1. The number of aliphatic imine (C=N–C) groups is 1. The SMILES string of the molecule is CN=C(NCCOc1cccnc1)NC1CCN(CC2CCCCC2)CC1. The highest BCUT2D eigenvalue weighted by Crippen LogP contribution is 2.25. The lowest BCUT2D eigenvalue weighted by molar-refractivity contribution is 0.160. The number of guanidine groups is 1. The van der Waals surface area contributed by atoms with Crippen molar-refractivity contribution >= 4 is 5.96 Å². The summed E-state index contributed by atoms with van der Waals surface area (Å²) in [6.45, 7) is 5.03. The Kier molecular flexibility index (Phi) is 8.21. The Morgan fingerprint density at radius 3 is 2.74 bits per heavy atom. The maximum atomic E-state index is 5.66. The number of nitrogens with zero attached hydrogens (tertiary/aromatic N) is 3. The molecule has 0 radical (unpaired) electrons. The monoisotopic (exact) mass is 373 g/mol. The van der Waals surface area contributed by atoms with Gasteiger partial charge in [0.25, 0.3) is 0 Å². The van der Waals surface area contributed by atoms with Crippen molar-refractivity contribution < 1.29 is 4.74 Å². The molecule has 3 rings (SSSR count). The highest BCUT2D eigenvalue weighted by atomic mass is 16.5. The molecule has 1 aromatic rings. The van der Waals surface area contributed by atoms with Crippen LogP contribution in [0.15, 0.2) is 29.5 Å². The summed E-state index contributed by atoms with van der Waals surface area (Å²) in [5.41, 5.74) is 0. The van der Waals surface area contributed by atoms with Gasteiger partial charge in [-0.1, -0.05) is 19.3 Å². The molecule has 0 aromatic carbocycles. The lowest BCUT2D eigenvalue weighted by Gasteiger charge is -2.36. The van der Waals surface area contributed by atoms with Gasteiger partial charge >= 0.3 is 0 Å². The van der Waals surface area contributed by atoms with Crippen LogP contribution >= 0.6 is 0 Å². The van der Waals surface area contributed by atoms with Crippen molar-refractivity contribution in [2.24, 2.45) is 10.9 Å². The quantitative estimate of drug-likeness (QED) is 0.437. The van der Waals surface area contributed by atoms with Crippen molar-refractivity contribution in [3.63, 3.8) is 0 Å². The molecule has 2 heterocycles. The summed E-state index contributed by atoms with van der Waals surface area (Å²) < 4.78 is 5.66. The van der Waals surface area contributed by atoms with Gasteiger partial charge in [-0.25, -0.2) is 0 Å². The van der Waals surface area contributed by atoms with Gasteiger partial charge in [0.1, 0.15) is 12.4 Å². The highest BCUT2D eigenvalue weighted by molar-refractivity contribution is 5.79. The zero-order chi connectivity index (χ0) is 18.7. The standard InChI is InChI=1S/C21H35N5O/c1-22-21(24-12-15-27-20-8-5-11-23-16-20)25-19-9-13-26(14-10-19)17-18-6-3-2-4-7-18/h5,8,11,16,18-19H,2-4,6-7,9-10,12-15,17H2,1H3,(H2,22,24,25). The first kappa shape index (κ1) is 19.9. The van der Waals surface area contributed by atoms with Crippen molar-refractivity contribution in [1.82, 2.24) is 20.5 Å². The first-order valence-corrected chi connectivity index (χ1v) is 10.6. The molecule has 27 heavy (non-hydrogen) atoms. The van der Waals surface area contributed by atoms with E-state index in [0.717, 1.165) is 24.2 Å². The summed E-state index contributed by atoms with van der Waals surface area (Å²) in [5, 5.41) is 6.92. The molecule has 150 valence electrons. The van der Waals surface area contributed by atoms with Crippen molar-refractivity contribution in [3.8, 4) is 5.75 Å². The lowest BCUT2D eigenvalue weighted by atomic mass is 9.88. The molecule has 2 fully saturated rings. The summed E-state index contributed by atoms with van der Waals surface area (Å²) in [6.07, 6.45) is 13.1. The predicted octanol–water partition coefficient (Wildman–Crippen LogP) is 2.67. The van der Waals surface area contributed by atoms with E-state index >= 15 is 0 Å². The van der Waals surface area contributed by atoms with Gasteiger partial charge in [0.05, 0.1) is 12.7 Å². The molecule has 1 aromatic heterocycles. The van der Waals surface area contributed by atoms with Crippen LogP contribution < -0.4 is 15.4 Å². The van der Waals surface area contributed by atoms with Crippen LogP contribution in [0.25, 0.3) is 0 Å². The van der Waals surface area contributed by atoms with E-state index in [1.165, 1.54) is 64.6 Å². The minimum atomic E-state index is 0.512. The molecule has 2 N–H and O–H groups in total. The van der Waals surface area contributed by atoms with Gasteiger partial charge in [0.2, 0.25) is 0 Å². The summed E-state index contributed by atoms with van der Waals surface area (Å²) >= 11 is 0. The van der Waals surface area contributed by atoms with Crippen LogP contribution in [0.4, 0.5) is 0 Å². The summed E-state index contributed by atoms with van der Waals surface area (Å²) in [6, 6.07) is 4.31. The van der Waals surface area contributed by atoms with Gasteiger partial charge in [-0.2, -0.15) is 0 Å². The Labute approximate surface area is 163 Å². The second kappa shape index (κ2) is 11.1. The first-order chi connectivity index (χ1) is 13.3. The fourth-order valence-electron chi connectivity index (χ4n) is 4.15. The second-order valence-corrected chi connectivity index (χ2v) is 7.76. The number of pyridine rings is 1. The topological polar surface area (TPSA) is 61.8 Å². The molecule has 1 aliphatic heterocycles. The average molecular weight is 374 g/mol. The molecule has 6 heteroatoms. The van der Waals surface area contributed by atoms with Gasteiger partial charge in [-0.05, 0) is 43.7 Å². The third-order valence-corrected chi connectivity index (χ3v) is 5.69. The lowest BCUT2D eigenvalue weighted by Crippen LogP contribution is -2.49. The van der Waals surface area contributed by atoms with E-state index in [-0.39, 0.29) is 0 Å². The fourth-order valence-corrected chi connectivity index (χ4v) is 4.15. The third kappa shape index (κ3) is 7.01. The molecule has 0 atom stereocenters. The van der Waals surface area contributed by atoms with Crippen molar-refractivity contribution in [2.45, 2.75) is 51.0 Å². The van der Waals surface area contributed by atoms with E-state index in [2.05, 4.69) is 25.5 Å². The molecule has 2 aliphatic rings. The van der Waals surface area contributed by atoms with Crippen LogP contribution in [-0.2, 0) is 0 Å². The number of piperidine rings is 1. The number of hydrogen-bond donors (Lipinski definition) is 2. The fraction of sp³-hybridized carbons (Fsp3) is 0.714. The minimum absolute atomic E-state index is 0.512. The second-order valence-electron chi connectivity index (χ2n) is 7.76. The number of likely N-dealkylation sites (tertiary alicyclic amines) is 1. The maximum absolute atomic E-state index is 5.66. The Balaban J connectivity index is 1.29. The number of rotatable bonds is 7. The molecular weight excluding hydrogens is 338 g/mol. The zero-order valence-corrected chi connectivity index (χ0v) is 16.7. The van der Waals surface area contributed by atoms with E-state index in [0.29, 0.717) is 12.6 Å². The van der Waals surface area contributed by atoms with Gasteiger partial charge in [0, 0.05) is 38.9 Å². The van der Waals surface area contributed by atoms with Crippen molar-refractivity contribution in [2.75, 3.05) is 39.8 Å². The van der Waals surface area contributed by atoms with E-state index in [1.54, 1.807) is 12.4 Å². The van der Waals surface area contributed by atoms with E-state index in [1.807, 2.05) is 19.2 Å². The Bertz CT molecular complexity index is 551. The Hall–Kier alpha value is -1.82. The molecule has 0 spiro atoms. The van der Waals surface area contributed by atoms with Crippen LogP contribution in [0.2, 0.25) is 0 Å². The normalized spacial score (nSPS) is 20.4. The highest BCUT2D eigenvalue weighted by Gasteiger charge is 2.23. The molecule has 6 nitrogen and oxygen atoms in total. The van der Waals surface area contributed by atoms with Crippen LogP contribution in [-0.4, -0.2) is 61.7 Å². The smallest absolute Gasteiger partial charge is 0.191 e. The minimum Gasteiger partial charge on any atom is -0.490 e. The van der Waals surface area contributed by atoms with Gasteiger partial charge in [-0.15, -0.1) is 0 Å². The van der Waals surface area contributed by atoms with Gasteiger partial charge in [0.15, 0.2) is 5.96 Å².